The first-order chi connectivity index (χ1) is 12.2. The lowest BCUT2D eigenvalue weighted by molar-refractivity contribution is -0.123. The molecule has 25 heavy (non-hydrogen) atoms. The summed E-state index contributed by atoms with van der Waals surface area (Å²) in [5, 5.41) is 25.7. The SMILES string of the molecule is O=C(NC[C@@H](O)CN1CCCC1CO)C1Cc2ccccc2CCN1. The summed E-state index contributed by atoms with van der Waals surface area (Å²) in [6, 6.07) is 8.14. The van der Waals surface area contributed by atoms with Gasteiger partial charge in [0.2, 0.25) is 5.91 Å². The largest absolute Gasteiger partial charge is 0.395 e. The van der Waals surface area contributed by atoms with Crippen molar-refractivity contribution in [3.63, 3.8) is 0 Å². The number of aliphatic hydroxyl groups excluding tert-OH is 2. The first-order valence-electron chi connectivity index (χ1n) is 9.28. The zero-order chi connectivity index (χ0) is 17.6. The van der Waals surface area contributed by atoms with E-state index in [1.54, 1.807) is 0 Å². The summed E-state index contributed by atoms with van der Waals surface area (Å²) >= 11 is 0. The summed E-state index contributed by atoms with van der Waals surface area (Å²) in [4.78, 5) is 14.6. The zero-order valence-electron chi connectivity index (χ0n) is 14.7. The van der Waals surface area contributed by atoms with Gasteiger partial charge in [0, 0.05) is 19.1 Å². The summed E-state index contributed by atoms with van der Waals surface area (Å²) in [6.45, 7) is 2.55. The third kappa shape index (κ3) is 4.79. The summed E-state index contributed by atoms with van der Waals surface area (Å²) in [5.74, 6) is -0.0594. The highest BCUT2D eigenvalue weighted by Gasteiger charge is 2.26. The van der Waals surface area contributed by atoms with Crippen molar-refractivity contribution in [3.8, 4) is 0 Å². The van der Waals surface area contributed by atoms with E-state index in [0.29, 0.717) is 13.0 Å². The van der Waals surface area contributed by atoms with Crippen molar-refractivity contribution in [2.45, 2.75) is 43.9 Å². The quantitative estimate of drug-likeness (QED) is 0.567. The van der Waals surface area contributed by atoms with Crippen LogP contribution in [0.25, 0.3) is 0 Å². The highest BCUT2D eigenvalue weighted by Crippen LogP contribution is 2.17. The number of fused-ring (bicyclic) bond motifs is 1. The van der Waals surface area contributed by atoms with Crippen LogP contribution in [0.4, 0.5) is 0 Å². The standard InChI is InChI=1S/C19H29N3O3/c23-13-16-6-3-9-22(16)12-17(24)11-21-19(25)18-10-15-5-2-1-4-14(15)7-8-20-18/h1-2,4-5,16-18,20,23-24H,3,6-13H2,(H,21,25)/t16?,17-,18?/m1/s1. The number of hydrogen-bond donors (Lipinski definition) is 4. The molecular formula is C19H29N3O3. The molecule has 1 fully saturated rings. The molecule has 6 heteroatoms. The average Bonchev–Trinajstić information content (AvgIpc) is 2.95. The van der Waals surface area contributed by atoms with Gasteiger partial charge in [0.05, 0.1) is 18.8 Å². The molecule has 0 bridgehead atoms. The van der Waals surface area contributed by atoms with Crippen LogP contribution in [0.3, 0.4) is 0 Å². The highest BCUT2D eigenvalue weighted by atomic mass is 16.3. The maximum absolute atomic E-state index is 12.5. The lowest BCUT2D eigenvalue weighted by Gasteiger charge is -2.26. The first kappa shape index (κ1) is 18.3. The van der Waals surface area contributed by atoms with Crippen molar-refractivity contribution < 1.29 is 15.0 Å². The summed E-state index contributed by atoms with van der Waals surface area (Å²) in [5.41, 5.74) is 2.52. The fourth-order valence-electron chi connectivity index (χ4n) is 3.88. The second-order valence-electron chi connectivity index (χ2n) is 7.10. The smallest absolute Gasteiger partial charge is 0.237 e. The molecule has 138 valence electrons. The van der Waals surface area contributed by atoms with Gasteiger partial charge in [0.1, 0.15) is 0 Å². The van der Waals surface area contributed by atoms with Crippen LogP contribution in [0.1, 0.15) is 24.0 Å². The Hall–Kier alpha value is -1.47. The Morgan fingerprint density at radius 2 is 2.16 bits per heavy atom. The topological polar surface area (TPSA) is 84.8 Å². The Morgan fingerprint density at radius 3 is 2.96 bits per heavy atom. The van der Waals surface area contributed by atoms with Gasteiger partial charge in [-0.05, 0) is 49.9 Å². The maximum Gasteiger partial charge on any atom is 0.237 e. The van der Waals surface area contributed by atoms with Gasteiger partial charge in [-0.15, -0.1) is 0 Å². The first-order valence-corrected chi connectivity index (χ1v) is 9.28. The number of nitrogens with one attached hydrogen (secondary N) is 2. The molecule has 2 aliphatic heterocycles. The minimum atomic E-state index is -0.617. The number of likely N-dealkylation sites (tertiary alicyclic amines) is 1. The average molecular weight is 347 g/mol. The Kier molecular flexibility index (Phi) is 6.42. The maximum atomic E-state index is 12.5. The van der Waals surface area contributed by atoms with Gasteiger partial charge >= 0.3 is 0 Å². The number of nitrogens with zero attached hydrogens (tertiary/aromatic N) is 1. The molecule has 0 radical (unpaired) electrons. The predicted molar refractivity (Wildman–Crippen MR) is 96.3 cm³/mol. The molecule has 1 aromatic rings. The molecule has 1 amide bonds. The number of β-amino-alcohol motifs (C(OH)–C–C–N with tert-alkyl or cyclic N) is 1. The van der Waals surface area contributed by atoms with E-state index in [9.17, 15) is 15.0 Å². The molecule has 6 nitrogen and oxygen atoms in total. The van der Waals surface area contributed by atoms with Crippen LogP contribution >= 0.6 is 0 Å². The molecule has 1 saturated heterocycles. The van der Waals surface area contributed by atoms with Crippen molar-refractivity contribution in [1.82, 2.24) is 15.5 Å². The normalized spacial score (nSPS) is 25.2. The number of rotatable bonds is 6. The molecule has 1 aromatic carbocycles. The highest BCUT2D eigenvalue weighted by molar-refractivity contribution is 5.82. The number of hydrogen-bond acceptors (Lipinski definition) is 5. The predicted octanol–water partition coefficient (Wildman–Crippen LogP) is -0.323. The number of aliphatic hydroxyl groups is 2. The van der Waals surface area contributed by atoms with Crippen LogP contribution in [0, 0.1) is 0 Å². The Morgan fingerprint density at radius 1 is 1.36 bits per heavy atom. The van der Waals surface area contributed by atoms with Gasteiger partial charge in [-0.25, -0.2) is 0 Å². The van der Waals surface area contributed by atoms with Crippen LogP contribution in [-0.4, -0.2) is 72.0 Å². The van der Waals surface area contributed by atoms with Crippen molar-refractivity contribution in [2.75, 3.05) is 32.8 Å². The summed E-state index contributed by atoms with van der Waals surface area (Å²) in [7, 11) is 0. The third-order valence-electron chi connectivity index (χ3n) is 5.31. The zero-order valence-corrected chi connectivity index (χ0v) is 14.7. The van der Waals surface area contributed by atoms with Crippen molar-refractivity contribution in [2.24, 2.45) is 0 Å². The van der Waals surface area contributed by atoms with Gasteiger partial charge in [0.15, 0.2) is 0 Å². The van der Waals surface area contributed by atoms with Gasteiger partial charge in [-0.3, -0.25) is 9.69 Å². The van der Waals surface area contributed by atoms with E-state index >= 15 is 0 Å². The molecule has 0 aliphatic carbocycles. The van der Waals surface area contributed by atoms with Gasteiger partial charge < -0.3 is 20.8 Å². The number of carbonyl (C=O) groups excluding carboxylic acids is 1. The van der Waals surface area contributed by atoms with E-state index in [0.717, 1.165) is 32.4 Å². The molecular weight excluding hydrogens is 318 g/mol. The fourth-order valence-corrected chi connectivity index (χ4v) is 3.88. The molecule has 2 aliphatic rings. The summed E-state index contributed by atoms with van der Waals surface area (Å²) < 4.78 is 0. The second-order valence-corrected chi connectivity index (χ2v) is 7.10. The number of amides is 1. The Balaban J connectivity index is 1.47. The van der Waals surface area contributed by atoms with Crippen molar-refractivity contribution >= 4 is 5.91 Å². The van der Waals surface area contributed by atoms with E-state index in [-0.39, 0.29) is 31.1 Å². The number of carbonyl (C=O) groups is 1. The molecule has 0 saturated carbocycles. The molecule has 4 N–H and O–H groups in total. The molecule has 2 heterocycles. The van der Waals surface area contributed by atoms with Crippen LogP contribution in [0.15, 0.2) is 24.3 Å². The van der Waals surface area contributed by atoms with Crippen LogP contribution in [0.2, 0.25) is 0 Å². The molecule has 0 aromatic heterocycles. The minimum Gasteiger partial charge on any atom is -0.395 e. The molecule has 3 rings (SSSR count). The van der Waals surface area contributed by atoms with Gasteiger partial charge in [-0.1, -0.05) is 24.3 Å². The van der Waals surface area contributed by atoms with E-state index in [1.807, 2.05) is 12.1 Å². The van der Waals surface area contributed by atoms with Crippen LogP contribution in [-0.2, 0) is 17.6 Å². The monoisotopic (exact) mass is 347 g/mol. The molecule has 3 atom stereocenters. The molecule has 0 spiro atoms. The second kappa shape index (κ2) is 8.76. The lowest BCUT2D eigenvalue weighted by atomic mass is 10.0. The van der Waals surface area contributed by atoms with Gasteiger partial charge in [-0.2, -0.15) is 0 Å². The van der Waals surface area contributed by atoms with Gasteiger partial charge in [0.25, 0.3) is 0 Å². The lowest BCUT2D eigenvalue weighted by Crippen LogP contribution is -2.49. The van der Waals surface area contributed by atoms with E-state index in [1.165, 1.54) is 11.1 Å². The van der Waals surface area contributed by atoms with E-state index in [4.69, 9.17) is 0 Å². The van der Waals surface area contributed by atoms with E-state index < -0.39 is 6.10 Å². The minimum absolute atomic E-state index is 0.0594. The van der Waals surface area contributed by atoms with Crippen LogP contribution in [0.5, 0.6) is 0 Å². The van der Waals surface area contributed by atoms with Crippen molar-refractivity contribution in [3.05, 3.63) is 35.4 Å². The Bertz CT molecular complexity index is 581. The number of benzene rings is 1. The van der Waals surface area contributed by atoms with Crippen molar-refractivity contribution in [1.29, 1.82) is 0 Å². The Labute approximate surface area is 149 Å². The van der Waals surface area contributed by atoms with E-state index in [2.05, 4.69) is 27.7 Å². The fraction of sp³-hybridized carbons (Fsp3) is 0.632. The van der Waals surface area contributed by atoms with Crippen LogP contribution < -0.4 is 10.6 Å². The summed E-state index contributed by atoms with van der Waals surface area (Å²) in [6.07, 6.45) is 3.02. The molecule has 2 unspecified atom stereocenters. The third-order valence-corrected chi connectivity index (χ3v) is 5.31.